The zero-order valence-electron chi connectivity index (χ0n) is 10.0. The van der Waals surface area contributed by atoms with Gasteiger partial charge in [0.15, 0.2) is 5.65 Å². The highest BCUT2D eigenvalue weighted by Crippen LogP contribution is 2.10. The van der Waals surface area contributed by atoms with Crippen molar-refractivity contribution in [3.8, 4) is 0 Å². The Morgan fingerprint density at radius 3 is 2.74 bits per heavy atom. The Morgan fingerprint density at radius 1 is 1.16 bits per heavy atom. The Hall–Kier alpha value is -2.63. The maximum atomic E-state index is 13.0. The molecule has 0 amide bonds. The molecule has 0 fully saturated rings. The van der Waals surface area contributed by atoms with Crippen molar-refractivity contribution in [3.05, 3.63) is 54.0 Å². The van der Waals surface area contributed by atoms with Gasteiger partial charge in [0.1, 0.15) is 5.82 Å². The Kier molecular flexibility index (Phi) is 2.75. The summed E-state index contributed by atoms with van der Waals surface area (Å²) >= 11 is 0. The second kappa shape index (κ2) is 4.56. The Balaban J connectivity index is 1.76. The number of hydrogen-bond acceptors (Lipinski definition) is 4. The van der Waals surface area contributed by atoms with Crippen LogP contribution >= 0.6 is 0 Å². The number of nitrogens with one attached hydrogen (secondary N) is 1. The number of nitrogens with two attached hydrogens (primary N) is 1. The van der Waals surface area contributed by atoms with Gasteiger partial charge in [-0.05, 0) is 29.8 Å². The van der Waals surface area contributed by atoms with Crippen molar-refractivity contribution >= 4 is 17.3 Å². The van der Waals surface area contributed by atoms with Crippen LogP contribution in [0.3, 0.4) is 0 Å². The number of pyridine rings is 1. The third-order valence-electron chi connectivity index (χ3n) is 2.73. The highest BCUT2D eigenvalue weighted by Gasteiger charge is 2.03. The smallest absolute Gasteiger partial charge is 0.243 e. The molecule has 0 unspecified atom stereocenters. The second-order valence-corrected chi connectivity index (χ2v) is 4.18. The maximum absolute atomic E-state index is 13.0. The normalized spacial score (nSPS) is 10.8. The molecule has 2 aromatic heterocycles. The number of hydrogen-bond donors (Lipinski definition) is 2. The molecule has 0 saturated carbocycles. The summed E-state index contributed by atoms with van der Waals surface area (Å²) in [6.45, 7) is 0.583. The van der Waals surface area contributed by atoms with Crippen LogP contribution in [-0.2, 0) is 6.54 Å². The molecule has 0 spiro atoms. The molecule has 3 N–H and O–H groups in total. The van der Waals surface area contributed by atoms with Crippen molar-refractivity contribution in [2.45, 2.75) is 6.54 Å². The van der Waals surface area contributed by atoms with Crippen LogP contribution in [0, 0.1) is 5.82 Å². The predicted octanol–water partition coefficient (Wildman–Crippen LogP) is 2.06. The van der Waals surface area contributed by atoms with Crippen molar-refractivity contribution in [1.82, 2.24) is 14.6 Å². The Bertz CT molecular complexity index is 705. The molecule has 0 bridgehead atoms. The van der Waals surface area contributed by atoms with Gasteiger partial charge in [0.25, 0.3) is 0 Å². The average molecular weight is 257 g/mol. The number of halogens is 1. The largest absolute Gasteiger partial charge is 0.399 e. The van der Waals surface area contributed by atoms with Gasteiger partial charge in [-0.3, -0.25) is 0 Å². The monoisotopic (exact) mass is 257 g/mol. The summed E-state index contributed by atoms with van der Waals surface area (Å²) in [7, 11) is 0. The van der Waals surface area contributed by atoms with E-state index in [4.69, 9.17) is 5.73 Å². The van der Waals surface area contributed by atoms with Crippen LogP contribution in [0.4, 0.5) is 16.0 Å². The number of benzene rings is 1. The standard InChI is InChI=1S/C13H12FN5/c14-10-3-6-12-17-13(18-19(12)8-10)16-7-9-1-4-11(15)5-2-9/h1-6,8H,7,15H2,(H,16,18). The summed E-state index contributed by atoms with van der Waals surface area (Å²) in [6, 6.07) is 10.5. The molecule has 6 heteroatoms. The van der Waals surface area contributed by atoms with E-state index in [1.54, 1.807) is 6.07 Å². The van der Waals surface area contributed by atoms with Crippen molar-refractivity contribution in [2.24, 2.45) is 0 Å². The van der Waals surface area contributed by atoms with Gasteiger partial charge < -0.3 is 11.1 Å². The molecule has 0 aliphatic heterocycles. The van der Waals surface area contributed by atoms with Crippen molar-refractivity contribution in [2.75, 3.05) is 11.1 Å². The van der Waals surface area contributed by atoms with Crippen LogP contribution in [0.2, 0.25) is 0 Å². The van der Waals surface area contributed by atoms with Crippen LogP contribution in [0.5, 0.6) is 0 Å². The van der Waals surface area contributed by atoms with Crippen molar-refractivity contribution < 1.29 is 4.39 Å². The van der Waals surface area contributed by atoms with E-state index in [2.05, 4.69) is 15.4 Å². The van der Waals surface area contributed by atoms with E-state index in [1.807, 2.05) is 24.3 Å². The molecule has 0 aliphatic rings. The summed E-state index contributed by atoms with van der Waals surface area (Å²) in [4.78, 5) is 4.24. The summed E-state index contributed by atoms with van der Waals surface area (Å²) in [5.41, 5.74) is 8.01. The van der Waals surface area contributed by atoms with Gasteiger partial charge in [-0.25, -0.2) is 8.91 Å². The molecule has 2 heterocycles. The van der Waals surface area contributed by atoms with Gasteiger partial charge in [0.2, 0.25) is 5.95 Å². The summed E-state index contributed by atoms with van der Waals surface area (Å²) < 4.78 is 14.4. The van der Waals surface area contributed by atoms with Crippen molar-refractivity contribution in [3.63, 3.8) is 0 Å². The predicted molar refractivity (Wildman–Crippen MR) is 71.1 cm³/mol. The molecular weight excluding hydrogens is 245 g/mol. The molecule has 0 atom stereocenters. The number of nitrogens with zero attached hydrogens (tertiary/aromatic N) is 3. The van der Waals surface area contributed by atoms with E-state index >= 15 is 0 Å². The Labute approximate surface area is 108 Å². The van der Waals surface area contributed by atoms with E-state index in [0.717, 1.165) is 11.3 Å². The number of anilines is 2. The number of fused-ring (bicyclic) bond motifs is 1. The highest BCUT2D eigenvalue weighted by molar-refractivity contribution is 5.44. The molecule has 1 aromatic carbocycles. The number of aromatic nitrogens is 3. The van der Waals surface area contributed by atoms with Crippen molar-refractivity contribution in [1.29, 1.82) is 0 Å². The van der Waals surface area contributed by atoms with Gasteiger partial charge >= 0.3 is 0 Å². The van der Waals surface area contributed by atoms with E-state index in [-0.39, 0.29) is 5.82 Å². The minimum atomic E-state index is -0.345. The molecule has 5 nitrogen and oxygen atoms in total. The molecule has 0 saturated heterocycles. The highest BCUT2D eigenvalue weighted by atomic mass is 19.1. The van der Waals surface area contributed by atoms with Crippen LogP contribution in [0.25, 0.3) is 5.65 Å². The maximum Gasteiger partial charge on any atom is 0.243 e. The van der Waals surface area contributed by atoms with E-state index < -0.39 is 0 Å². The van der Waals surface area contributed by atoms with E-state index in [9.17, 15) is 4.39 Å². The van der Waals surface area contributed by atoms with Crippen LogP contribution in [0.1, 0.15) is 5.56 Å². The molecule has 19 heavy (non-hydrogen) atoms. The summed E-state index contributed by atoms with van der Waals surface area (Å²) in [5, 5.41) is 7.22. The topological polar surface area (TPSA) is 68.2 Å². The molecule has 0 aliphatic carbocycles. The first-order valence-corrected chi connectivity index (χ1v) is 5.81. The Morgan fingerprint density at radius 2 is 1.95 bits per heavy atom. The molecular formula is C13H12FN5. The lowest BCUT2D eigenvalue weighted by atomic mass is 10.2. The third-order valence-corrected chi connectivity index (χ3v) is 2.73. The van der Waals surface area contributed by atoms with Gasteiger partial charge in [-0.1, -0.05) is 12.1 Å². The van der Waals surface area contributed by atoms with E-state index in [1.165, 1.54) is 16.8 Å². The van der Waals surface area contributed by atoms with Crippen LogP contribution in [0.15, 0.2) is 42.6 Å². The van der Waals surface area contributed by atoms with Gasteiger partial charge in [0.05, 0.1) is 6.20 Å². The molecule has 3 aromatic rings. The molecule has 96 valence electrons. The minimum absolute atomic E-state index is 0.345. The fraction of sp³-hybridized carbons (Fsp3) is 0.0769. The summed E-state index contributed by atoms with van der Waals surface area (Å²) in [6.07, 6.45) is 1.29. The zero-order valence-corrected chi connectivity index (χ0v) is 10.0. The van der Waals surface area contributed by atoms with Gasteiger partial charge in [0, 0.05) is 12.2 Å². The SMILES string of the molecule is Nc1ccc(CNc2nc3ccc(F)cn3n2)cc1. The molecule has 0 radical (unpaired) electrons. The van der Waals surface area contributed by atoms with Gasteiger partial charge in [-0.2, -0.15) is 4.98 Å². The average Bonchev–Trinajstić information content (AvgIpc) is 2.80. The van der Waals surface area contributed by atoms with Crippen LogP contribution in [-0.4, -0.2) is 14.6 Å². The second-order valence-electron chi connectivity index (χ2n) is 4.18. The lowest BCUT2D eigenvalue weighted by molar-refractivity contribution is 0.615. The fourth-order valence-electron chi connectivity index (χ4n) is 1.75. The lowest BCUT2D eigenvalue weighted by Gasteiger charge is -2.02. The number of rotatable bonds is 3. The summed E-state index contributed by atoms with van der Waals surface area (Å²) in [5.74, 6) is 0.116. The quantitative estimate of drug-likeness (QED) is 0.705. The first kappa shape index (κ1) is 11.5. The van der Waals surface area contributed by atoms with Crippen LogP contribution < -0.4 is 11.1 Å². The van der Waals surface area contributed by atoms with E-state index in [0.29, 0.717) is 18.1 Å². The van der Waals surface area contributed by atoms with Gasteiger partial charge in [-0.15, -0.1) is 5.10 Å². The molecule has 3 rings (SSSR count). The first-order chi connectivity index (χ1) is 9.20. The first-order valence-electron chi connectivity index (χ1n) is 5.81. The lowest BCUT2D eigenvalue weighted by Crippen LogP contribution is -2.01. The third kappa shape index (κ3) is 2.47. The zero-order chi connectivity index (χ0) is 13.2. The number of nitrogen functional groups attached to an aromatic ring is 1. The fourth-order valence-corrected chi connectivity index (χ4v) is 1.75. The minimum Gasteiger partial charge on any atom is -0.399 e.